The topological polar surface area (TPSA) is 128 Å². The maximum Gasteiger partial charge on any atom is 0.281 e. The van der Waals surface area contributed by atoms with Crippen molar-refractivity contribution < 1.29 is 13.2 Å². The number of aryl methyl sites for hydroxylation is 1. The molecule has 1 aliphatic rings. The Morgan fingerprint density at radius 3 is 2.40 bits per heavy atom. The minimum absolute atomic E-state index is 0. The first kappa shape index (κ1) is 30.9. The number of fused-ring (bicyclic) bond motifs is 1. The molecule has 1 radical (unpaired) electrons. The third-order valence-corrected chi connectivity index (χ3v) is 8.58. The van der Waals surface area contributed by atoms with E-state index in [1.165, 1.54) is 21.1 Å². The van der Waals surface area contributed by atoms with Crippen molar-refractivity contribution in [2.75, 3.05) is 33.2 Å². The molecule has 207 valence electrons. The zero-order valence-electron chi connectivity index (χ0n) is 23.7. The largest absolute Gasteiger partial charge is 0.474 e. The first-order valence-corrected chi connectivity index (χ1v) is 14.3. The molecule has 40 heavy (non-hydrogen) atoms. The van der Waals surface area contributed by atoms with Crippen LogP contribution in [0, 0.1) is 0 Å². The van der Waals surface area contributed by atoms with Crippen LogP contribution >= 0.6 is 0 Å². The molecule has 0 aliphatic carbocycles. The van der Waals surface area contributed by atoms with Crippen LogP contribution in [-0.2, 0) is 23.5 Å². The van der Waals surface area contributed by atoms with E-state index >= 15 is 0 Å². The number of nitrogens with zero attached hydrogens (tertiary/aromatic N) is 8. The molecule has 1 fully saturated rings. The van der Waals surface area contributed by atoms with Gasteiger partial charge in [-0.3, -0.25) is 9.36 Å². The Morgan fingerprint density at radius 1 is 1.05 bits per heavy atom. The van der Waals surface area contributed by atoms with Crippen LogP contribution in [0.25, 0.3) is 28.2 Å². The molecular weight excluding hydrogens is 560 g/mol. The number of ether oxygens (including phenoxy) is 1. The van der Waals surface area contributed by atoms with Gasteiger partial charge in [0.1, 0.15) is 16.2 Å². The Kier molecular flexibility index (Phi) is 9.62. The average molecular weight is 592 g/mol. The molecule has 12 nitrogen and oxygen atoms in total. The van der Waals surface area contributed by atoms with Gasteiger partial charge in [0, 0.05) is 90.8 Å². The van der Waals surface area contributed by atoms with Crippen molar-refractivity contribution in [2.24, 2.45) is 7.05 Å². The van der Waals surface area contributed by atoms with Gasteiger partial charge >= 0.3 is 0 Å². The van der Waals surface area contributed by atoms with Crippen molar-refractivity contribution in [3.05, 3.63) is 52.7 Å². The fourth-order valence-electron chi connectivity index (χ4n) is 4.60. The summed E-state index contributed by atoms with van der Waals surface area (Å²) in [5.74, 6) is 1.00. The molecule has 0 bridgehead atoms. The van der Waals surface area contributed by atoms with E-state index < -0.39 is 10.0 Å². The Balaban J connectivity index is 0.00000370. The summed E-state index contributed by atoms with van der Waals surface area (Å²) in [6, 6.07) is 6.96. The zero-order chi connectivity index (χ0) is 27.9. The Hall–Kier alpha value is -2.04. The molecule has 5 heterocycles. The van der Waals surface area contributed by atoms with Gasteiger partial charge in [0.05, 0.1) is 23.6 Å². The molecular formula is C26H32KN8O4S. The standard InChI is InChI=1S/C26H32N8O4S.K/c1-6-20-22-23(30-34(20)21-9-7-8-10-27-21)26(35)32(5)24(29-22)19-15-18(16-28-25(19)38-17(2)3)39(36,37)33-13-11-31(4)12-14-33;/h7-10,15-17H,6,11-14H2,1-5H3;. The van der Waals surface area contributed by atoms with Gasteiger partial charge in [0.15, 0.2) is 11.3 Å². The molecule has 0 saturated carbocycles. The van der Waals surface area contributed by atoms with E-state index in [1.54, 1.807) is 24.0 Å². The van der Waals surface area contributed by atoms with Crippen LogP contribution in [0.1, 0.15) is 26.5 Å². The molecule has 4 aromatic heterocycles. The van der Waals surface area contributed by atoms with Gasteiger partial charge in [-0.2, -0.15) is 9.40 Å². The van der Waals surface area contributed by atoms with Crippen molar-refractivity contribution in [1.82, 2.24) is 38.5 Å². The van der Waals surface area contributed by atoms with E-state index in [9.17, 15) is 13.2 Å². The SMILES string of the molecule is CCc1c2nc(-c3cc(S(=O)(=O)N4CCN(C)CC4)cnc3OC(C)C)n(C)c(=O)c2nn1-c1ccccn1.[K]. The molecule has 0 amide bonds. The molecule has 0 aromatic carbocycles. The summed E-state index contributed by atoms with van der Waals surface area (Å²) < 4.78 is 37.5. The van der Waals surface area contributed by atoms with Crippen LogP contribution in [-0.4, -0.2) is 138 Å². The Morgan fingerprint density at radius 2 is 1.77 bits per heavy atom. The summed E-state index contributed by atoms with van der Waals surface area (Å²) in [4.78, 5) is 29.3. The number of pyridine rings is 2. The zero-order valence-corrected chi connectivity index (χ0v) is 27.6. The van der Waals surface area contributed by atoms with Gasteiger partial charge in [0.2, 0.25) is 15.9 Å². The minimum atomic E-state index is -3.82. The van der Waals surface area contributed by atoms with Crippen LogP contribution in [0.15, 0.2) is 46.3 Å². The van der Waals surface area contributed by atoms with Crippen molar-refractivity contribution >= 4 is 72.4 Å². The van der Waals surface area contributed by atoms with Crippen LogP contribution < -0.4 is 10.3 Å². The van der Waals surface area contributed by atoms with Crippen LogP contribution in [0.3, 0.4) is 0 Å². The minimum Gasteiger partial charge on any atom is -0.474 e. The van der Waals surface area contributed by atoms with Crippen molar-refractivity contribution in [3.63, 3.8) is 0 Å². The van der Waals surface area contributed by atoms with Crippen LogP contribution in [0.5, 0.6) is 5.88 Å². The third-order valence-electron chi connectivity index (χ3n) is 6.71. The average Bonchev–Trinajstić information content (AvgIpc) is 3.30. The third kappa shape index (κ3) is 5.81. The number of hydrogen-bond acceptors (Lipinski definition) is 9. The van der Waals surface area contributed by atoms with E-state index in [1.807, 2.05) is 40.0 Å². The second-order valence-corrected chi connectivity index (χ2v) is 11.7. The first-order valence-electron chi connectivity index (χ1n) is 12.9. The number of rotatable bonds is 7. The van der Waals surface area contributed by atoms with Crippen LogP contribution in [0.2, 0.25) is 0 Å². The van der Waals surface area contributed by atoms with Gasteiger partial charge < -0.3 is 9.64 Å². The number of piperazine rings is 1. The fraction of sp³-hybridized carbons (Fsp3) is 0.423. The maximum absolute atomic E-state index is 13.6. The monoisotopic (exact) mass is 591 g/mol. The molecule has 0 N–H and O–H groups in total. The van der Waals surface area contributed by atoms with Crippen molar-refractivity contribution in [1.29, 1.82) is 0 Å². The van der Waals surface area contributed by atoms with E-state index in [2.05, 4.69) is 20.0 Å². The van der Waals surface area contributed by atoms with Gasteiger partial charge in [-0.1, -0.05) is 13.0 Å². The van der Waals surface area contributed by atoms with Gasteiger partial charge in [-0.25, -0.2) is 28.1 Å². The first-order chi connectivity index (χ1) is 18.6. The fourth-order valence-corrected chi connectivity index (χ4v) is 5.99. The molecule has 4 aromatic rings. The van der Waals surface area contributed by atoms with Crippen LogP contribution in [0.4, 0.5) is 0 Å². The van der Waals surface area contributed by atoms with E-state index in [-0.39, 0.29) is 85.2 Å². The van der Waals surface area contributed by atoms with Gasteiger partial charge in [0.25, 0.3) is 5.56 Å². The van der Waals surface area contributed by atoms with E-state index in [0.29, 0.717) is 55.2 Å². The second kappa shape index (κ2) is 12.4. The number of hydrogen-bond donors (Lipinski definition) is 0. The summed E-state index contributed by atoms with van der Waals surface area (Å²) in [6.45, 7) is 7.69. The quantitative estimate of drug-likeness (QED) is 0.294. The Bertz CT molecular complexity index is 1680. The molecule has 14 heteroatoms. The predicted octanol–water partition coefficient (Wildman–Crippen LogP) is 1.48. The molecule has 1 aliphatic heterocycles. The number of sulfonamides is 1. The van der Waals surface area contributed by atoms with Gasteiger partial charge in [-0.15, -0.1) is 0 Å². The van der Waals surface area contributed by atoms with E-state index in [0.717, 1.165) is 0 Å². The Labute approximate surface area is 275 Å². The normalized spacial score (nSPS) is 14.9. The van der Waals surface area contributed by atoms with Crippen molar-refractivity contribution in [2.45, 2.75) is 38.2 Å². The summed E-state index contributed by atoms with van der Waals surface area (Å²) >= 11 is 0. The number of aromatic nitrogens is 6. The summed E-state index contributed by atoms with van der Waals surface area (Å²) in [7, 11) is -0.280. The van der Waals surface area contributed by atoms with Crippen molar-refractivity contribution in [3.8, 4) is 23.1 Å². The molecule has 5 rings (SSSR count). The number of likely N-dealkylation sites (N-methyl/N-ethyl adjacent to an activating group) is 1. The van der Waals surface area contributed by atoms with E-state index in [4.69, 9.17) is 9.72 Å². The molecule has 0 unspecified atom stereocenters. The summed E-state index contributed by atoms with van der Waals surface area (Å²) in [5, 5.41) is 4.55. The summed E-state index contributed by atoms with van der Waals surface area (Å²) in [6.07, 6.45) is 3.27. The smallest absolute Gasteiger partial charge is 0.281 e. The van der Waals surface area contributed by atoms with Gasteiger partial charge in [-0.05, 0) is 45.5 Å². The molecule has 0 atom stereocenters. The maximum atomic E-state index is 13.6. The second-order valence-electron chi connectivity index (χ2n) is 9.79. The predicted molar refractivity (Wildman–Crippen MR) is 152 cm³/mol. The molecule has 0 spiro atoms. The molecule has 1 saturated heterocycles. The summed E-state index contributed by atoms with van der Waals surface area (Å²) in [5.41, 5.74) is 1.27.